The van der Waals surface area contributed by atoms with Crippen molar-refractivity contribution in [3.05, 3.63) is 183 Å². The van der Waals surface area contributed by atoms with E-state index >= 15 is 0 Å². The van der Waals surface area contributed by atoms with E-state index in [1.54, 1.807) is 93.6 Å². The Kier molecular flexibility index (Phi) is 34.9. The summed E-state index contributed by atoms with van der Waals surface area (Å²) in [6.07, 6.45) is 4.62. The van der Waals surface area contributed by atoms with Crippen LogP contribution in [-0.2, 0) is 54.3 Å². The van der Waals surface area contributed by atoms with Gasteiger partial charge in [0.15, 0.2) is 0 Å². The number of carbonyl (C=O) groups is 7. The molecule has 20 nitrogen and oxygen atoms in total. The van der Waals surface area contributed by atoms with Crippen LogP contribution in [0.25, 0.3) is 0 Å². The Morgan fingerprint density at radius 1 is 0.505 bits per heavy atom. The number of likely N-dealkylation sites (tertiary alicyclic amines) is 3. The molecule has 8 atom stereocenters. The van der Waals surface area contributed by atoms with E-state index in [9.17, 15) is 38.4 Å². The maximum atomic E-state index is 12.7. The first kappa shape index (κ1) is 86.6. The predicted molar refractivity (Wildman–Crippen MR) is 407 cm³/mol. The molecule has 0 spiro atoms. The monoisotopic (exact) mass is 1480 g/mol. The van der Waals surface area contributed by atoms with Crippen LogP contribution in [0.15, 0.2) is 151 Å². The van der Waals surface area contributed by atoms with Crippen LogP contribution in [-0.4, -0.2) is 155 Å². The van der Waals surface area contributed by atoms with Gasteiger partial charge in [-0.2, -0.15) is 4.99 Å². The number of hydrogen-bond acceptors (Lipinski definition) is 16. The van der Waals surface area contributed by atoms with Crippen LogP contribution in [0.5, 0.6) is 23.0 Å². The molecule has 4 aliphatic heterocycles. The molecule has 0 saturated carbocycles. The summed E-state index contributed by atoms with van der Waals surface area (Å²) in [4.78, 5) is 103. The SMILES string of the molecule is C.COc1ccc(C2CC(=O)N(C)C[C@H]2CC(=O)Cc2ccc(Cl)cc2)cc1.COc1ccc(C2CC(=O)N(C)C[C@H]2CC(=O)OC(C)(C)C)cc1.COc1ccc(C2CC(=O)N(C)C[C@H]2N)cc1.COc1ccc(C2CC(=O)NC[C@H]2CC(=O)OC(C)(C)C)cc1.Cl.O=C=Nc1ccc(Cl)cc1.[2HH]. The topological polar surface area (TPSA) is 252 Å². The first-order valence-electron chi connectivity index (χ1n) is 33.7. The van der Waals surface area contributed by atoms with Gasteiger partial charge in [-0.1, -0.05) is 91.3 Å². The maximum Gasteiger partial charge on any atom is 0.306 e. The van der Waals surface area contributed by atoms with Gasteiger partial charge >= 0.3 is 11.9 Å². The van der Waals surface area contributed by atoms with E-state index in [-0.39, 0.29) is 110 Å². The summed E-state index contributed by atoms with van der Waals surface area (Å²) >= 11 is 11.5. The average Bonchev–Trinajstić information content (AvgIpc) is 0.831. The van der Waals surface area contributed by atoms with E-state index in [4.69, 9.17) is 57.4 Å². The van der Waals surface area contributed by atoms with Gasteiger partial charge in [0.25, 0.3) is 0 Å². The number of piperidine rings is 4. The molecule has 10 rings (SSSR count). The lowest BCUT2D eigenvalue weighted by atomic mass is 9.77. The molecule has 4 fully saturated rings. The summed E-state index contributed by atoms with van der Waals surface area (Å²) in [5.41, 5.74) is 11.0. The van der Waals surface area contributed by atoms with Crippen molar-refractivity contribution in [3.63, 3.8) is 0 Å². The van der Waals surface area contributed by atoms with Gasteiger partial charge in [-0.25, -0.2) is 4.79 Å². The van der Waals surface area contributed by atoms with Crippen LogP contribution in [0.4, 0.5) is 5.69 Å². The van der Waals surface area contributed by atoms with Gasteiger partial charge in [0.1, 0.15) is 40.0 Å². The zero-order chi connectivity index (χ0) is 74.1. The number of hydrogen-bond donors (Lipinski definition) is 2. The molecule has 103 heavy (non-hydrogen) atoms. The molecule has 4 saturated heterocycles. The number of methoxy groups -OCH3 is 4. The Morgan fingerprint density at radius 3 is 1.20 bits per heavy atom. The number of esters is 2. The fraction of sp³-hybridized carbons (Fsp3) is 0.450. The Labute approximate surface area is 625 Å². The highest BCUT2D eigenvalue weighted by Crippen LogP contribution is 2.39. The molecule has 0 radical (unpaired) electrons. The van der Waals surface area contributed by atoms with E-state index in [0.29, 0.717) is 93.3 Å². The van der Waals surface area contributed by atoms with Crippen molar-refractivity contribution < 1.29 is 68.2 Å². The molecule has 0 aromatic heterocycles. The van der Waals surface area contributed by atoms with Gasteiger partial charge in [0.2, 0.25) is 29.7 Å². The number of isocyanates is 1. The second-order valence-electron chi connectivity index (χ2n) is 27.7. The van der Waals surface area contributed by atoms with E-state index in [2.05, 4.69) is 10.3 Å². The van der Waals surface area contributed by atoms with Gasteiger partial charge in [-0.3, -0.25) is 33.6 Å². The third-order valence-electron chi connectivity index (χ3n) is 17.8. The zero-order valence-corrected chi connectivity index (χ0v) is 63.0. The van der Waals surface area contributed by atoms with Crippen molar-refractivity contribution in [1.82, 2.24) is 20.0 Å². The first-order valence-corrected chi connectivity index (χ1v) is 34.5. The molecule has 4 heterocycles. The molecule has 4 unspecified atom stereocenters. The zero-order valence-electron chi connectivity index (χ0n) is 60.7. The van der Waals surface area contributed by atoms with Crippen molar-refractivity contribution >= 4 is 88.7 Å². The molecule has 0 bridgehead atoms. The number of nitrogens with two attached hydrogens (primary N) is 1. The largest absolute Gasteiger partial charge is 0.497 e. The van der Waals surface area contributed by atoms with Crippen LogP contribution < -0.4 is 30.0 Å². The molecule has 560 valence electrons. The summed E-state index contributed by atoms with van der Waals surface area (Å²) in [7, 11) is 11.9. The van der Waals surface area contributed by atoms with Gasteiger partial charge in [-0.05, 0) is 190 Å². The third kappa shape index (κ3) is 28.4. The third-order valence-corrected chi connectivity index (χ3v) is 18.3. The minimum absolute atomic E-state index is 0. The Bertz CT molecular complexity index is 3740. The van der Waals surface area contributed by atoms with Crippen molar-refractivity contribution in [2.75, 3.05) is 75.8 Å². The van der Waals surface area contributed by atoms with E-state index in [1.165, 1.54) is 6.08 Å². The lowest BCUT2D eigenvalue weighted by Gasteiger charge is -2.36. The number of ether oxygens (including phenoxy) is 6. The standard InChI is InChI=1S/C22H24ClNO3.C19H27NO4.C18H25NO4.C13H18N2O2.C7H4ClNO.CH4.ClH.H2/c1-24-14-17(12-19(25)11-15-3-7-18(23)8-4-15)21(13-22(24)26)16-5-9-20(27-2)10-6-16;1-19(2,3)24-18(22)10-14-12-20(4)17(21)11-16(14)13-6-8-15(23-5)9-7-13;1-18(2,3)23-17(21)9-13-11-19-16(20)10-15(13)12-5-7-14(22-4)8-6-12;1-15-8-12(14)11(7-13(15)16)9-3-5-10(17-2)6-4-9;8-6-1-3-7(4-2-6)9-5-10;;;/h3-10,17,21H,11-14H2,1-2H3;6-9,14,16H,10-12H2,1-5H3;5-8,13,15H,9-11H2,1-4H3,(H,19,20);3-6,11-12H,7-8,14H2,1-2H3;1-4H;1H4;2*1H/t17-,21?;14-,16?;13-,15?;11?,12-;;;;/m1111..../s1/i;;;;;;;1+1. The second-order valence-corrected chi connectivity index (χ2v) is 28.6. The number of benzene rings is 6. The van der Waals surface area contributed by atoms with E-state index < -0.39 is 11.2 Å². The number of Topliss-reactive ketones (excluding diaryl/α,β-unsaturated/α-hetero) is 1. The molecule has 4 amide bonds. The van der Waals surface area contributed by atoms with Crippen molar-refractivity contribution in [2.45, 2.75) is 141 Å². The number of amides is 4. The van der Waals surface area contributed by atoms with Crippen molar-refractivity contribution in [3.8, 4) is 23.0 Å². The second kappa shape index (κ2) is 41.5. The van der Waals surface area contributed by atoms with Gasteiger partial charge in [0.05, 0.1) is 47.0 Å². The number of ketones is 1. The highest BCUT2D eigenvalue weighted by atomic mass is 35.5. The normalized spacial score (nSPS) is 19.9. The molecule has 6 aromatic carbocycles. The van der Waals surface area contributed by atoms with Crippen LogP contribution in [0.1, 0.15) is 147 Å². The van der Waals surface area contributed by atoms with E-state index in [0.717, 1.165) is 50.8 Å². The predicted octanol–water partition coefficient (Wildman–Crippen LogP) is 14.3. The number of likely N-dealkylation sites (N-methyl/N-ethyl adjacent to an activating group) is 1. The number of nitrogens with zero attached hydrogens (tertiary/aromatic N) is 4. The van der Waals surface area contributed by atoms with E-state index in [1.807, 2.05) is 158 Å². The minimum Gasteiger partial charge on any atom is -0.497 e. The van der Waals surface area contributed by atoms with Gasteiger partial charge < -0.3 is 54.2 Å². The van der Waals surface area contributed by atoms with Gasteiger partial charge in [0, 0.05) is 109 Å². The highest BCUT2D eigenvalue weighted by Gasteiger charge is 2.38. The molecule has 0 aliphatic carbocycles. The summed E-state index contributed by atoms with van der Waals surface area (Å²) in [5.74, 6) is 3.72. The first-order chi connectivity index (χ1) is 47.9. The number of halogens is 3. The summed E-state index contributed by atoms with van der Waals surface area (Å²) in [6.45, 7) is 13.4. The van der Waals surface area contributed by atoms with Crippen molar-refractivity contribution in [1.29, 1.82) is 0 Å². The number of rotatable bonds is 17. The Hall–Kier alpha value is -8.78. The number of nitrogens with one attached hydrogen (secondary N) is 1. The highest BCUT2D eigenvalue weighted by molar-refractivity contribution is 6.30. The molecule has 3 N–H and O–H groups in total. The number of aliphatic imine (C=N–C) groups is 1. The fourth-order valence-corrected chi connectivity index (χ4v) is 12.8. The van der Waals surface area contributed by atoms with Crippen LogP contribution in [0.2, 0.25) is 10.0 Å². The molecular weight excluding hydrogens is 1380 g/mol. The van der Waals surface area contributed by atoms with Crippen molar-refractivity contribution in [2.24, 2.45) is 28.5 Å². The fourth-order valence-electron chi connectivity index (χ4n) is 12.6. The smallest absolute Gasteiger partial charge is 0.306 e. The summed E-state index contributed by atoms with van der Waals surface area (Å²) in [6, 6.07) is 45.0. The quantitative estimate of drug-likeness (QED) is 0.0489. The van der Waals surface area contributed by atoms with Crippen LogP contribution >= 0.6 is 35.6 Å². The maximum absolute atomic E-state index is 12.7. The lowest BCUT2D eigenvalue weighted by molar-refractivity contribution is -0.158. The Morgan fingerprint density at radius 2 is 0.835 bits per heavy atom. The summed E-state index contributed by atoms with van der Waals surface area (Å²) < 4.78 is 31.6. The minimum atomic E-state index is -0.497. The van der Waals surface area contributed by atoms with Crippen LogP contribution in [0, 0.1) is 17.8 Å². The van der Waals surface area contributed by atoms with Crippen LogP contribution in [0.3, 0.4) is 0 Å². The number of carbonyl (C=O) groups excluding carboxylic acids is 8. The summed E-state index contributed by atoms with van der Waals surface area (Å²) in [5, 5.41) is 4.15. The lowest BCUT2D eigenvalue weighted by Crippen LogP contribution is -2.48. The Balaban J connectivity index is 0.000000344. The molecule has 6 aromatic rings. The molecule has 23 heteroatoms. The van der Waals surface area contributed by atoms with Gasteiger partial charge in [-0.15, -0.1) is 12.4 Å². The molecular formula is C80H105Cl3N6O14. The average molecular weight is 1480 g/mol. The molecule has 4 aliphatic rings.